The molecule has 186 valence electrons. The Bertz CT molecular complexity index is 544. The normalized spacial score (nSPS) is 15.2. The number of carbonyl (C=O) groups is 2. The Labute approximate surface area is 197 Å². The molecule has 0 aromatic heterocycles. The summed E-state index contributed by atoms with van der Waals surface area (Å²) in [4.78, 5) is 26.1. The Hall–Kier alpha value is -1.32. The van der Waals surface area contributed by atoms with Crippen LogP contribution in [0, 0.1) is 11.8 Å². The lowest BCUT2D eigenvalue weighted by molar-refractivity contribution is -0.143. The Kier molecular flexibility index (Phi) is 16.3. The van der Waals surface area contributed by atoms with Gasteiger partial charge in [0.2, 0.25) is 0 Å². The molecule has 0 atom stereocenters. The van der Waals surface area contributed by atoms with Crippen molar-refractivity contribution in [2.75, 3.05) is 13.2 Å². The molecule has 0 spiro atoms. The van der Waals surface area contributed by atoms with Crippen LogP contribution in [0.4, 0.5) is 0 Å². The second kappa shape index (κ2) is 18.1. The van der Waals surface area contributed by atoms with Crippen LogP contribution in [0.1, 0.15) is 130 Å². The van der Waals surface area contributed by atoms with E-state index in [1.54, 1.807) is 0 Å². The van der Waals surface area contributed by atoms with Crippen LogP contribution in [0.5, 0.6) is 0 Å². The van der Waals surface area contributed by atoms with Gasteiger partial charge in [0.15, 0.2) is 0 Å². The lowest BCUT2D eigenvalue weighted by Gasteiger charge is -2.21. The van der Waals surface area contributed by atoms with E-state index in [0.29, 0.717) is 24.4 Å². The Morgan fingerprint density at radius 3 is 1.59 bits per heavy atom. The van der Waals surface area contributed by atoms with E-state index in [-0.39, 0.29) is 23.8 Å². The molecule has 1 rings (SSSR count). The summed E-state index contributed by atoms with van der Waals surface area (Å²) in [6.45, 7) is 9.27. The molecule has 4 heteroatoms. The van der Waals surface area contributed by atoms with Crippen molar-refractivity contribution in [1.29, 1.82) is 0 Å². The van der Waals surface area contributed by atoms with Crippen molar-refractivity contribution in [3.63, 3.8) is 0 Å². The summed E-state index contributed by atoms with van der Waals surface area (Å²) in [5, 5.41) is 0. The van der Waals surface area contributed by atoms with E-state index in [0.717, 1.165) is 51.4 Å². The maximum absolute atomic E-state index is 13.1. The highest BCUT2D eigenvalue weighted by Crippen LogP contribution is 2.35. The Balaban J connectivity index is 2.69. The fourth-order valence-corrected chi connectivity index (χ4v) is 4.62. The predicted octanol–water partition coefficient (Wildman–Crippen LogP) is 7.94. The molecule has 0 unspecified atom stereocenters. The van der Waals surface area contributed by atoms with E-state index in [9.17, 15) is 9.59 Å². The molecule has 0 N–H and O–H groups in total. The predicted molar refractivity (Wildman–Crippen MR) is 132 cm³/mol. The number of ether oxygens (including phenoxy) is 2. The van der Waals surface area contributed by atoms with Gasteiger partial charge in [0, 0.05) is 0 Å². The third-order valence-electron chi connectivity index (χ3n) is 6.53. The molecule has 0 radical (unpaired) electrons. The molecule has 1 saturated carbocycles. The van der Waals surface area contributed by atoms with Crippen molar-refractivity contribution in [3.05, 3.63) is 11.1 Å². The van der Waals surface area contributed by atoms with Gasteiger partial charge in [0.05, 0.1) is 24.4 Å². The smallest absolute Gasteiger partial charge is 0.334 e. The average Bonchev–Trinajstić information content (AvgIpc) is 3.29. The molecule has 0 aliphatic heterocycles. The van der Waals surface area contributed by atoms with Crippen molar-refractivity contribution >= 4 is 11.9 Å². The molecule has 0 aromatic rings. The quantitative estimate of drug-likeness (QED) is 0.121. The standard InChI is InChI=1S/C28H50O4/c1-5-7-9-11-13-17-21-31-27(29)25(23(3)4)26(24-19-15-16-20-24)28(30)32-22-18-14-12-10-8-6-2/h23-24H,5-22H2,1-4H3. The highest BCUT2D eigenvalue weighted by atomic mass is 16.5. The van der Waals surface area contributed by atoms with Crippen molar-refractivity contribution in [2.45, 2.75) is 130 Å². The van der Waals surface area contributed by atoms with Gasteiger partial charge in [0.1, 0.15) is 0 Å². The number of esters is 2. The molecular weight excluding hydrogens is 400 g/mol. The average molecular weight is 451 g/mol. The van der Waals surface area contributed by atoms with Crippen molar-refractivity contribution in [3.8, 4) is 0 Å². The fourth-order valence-electron chi connectivity index (χ4n) is 4.62. The Morgan fingerprint density at radius 2 is 1.12 bits per heavy atom. The number of hydrogen-bond acceptors (Lipinski definition) is 4. The van der Waals surface area contributed by atoms with Crippen LogP contribution in [-0.4, -0.2) is 25.2 Å². The first-order valence-corrected chi connectivity index (χ1v) is 13.6. The maximum Gasteiger partial charge on any atom is 0.334 e. The highest BCUT2D eigenvalue weighted by molar-refractivity contribution is 6.01. The zero-order valence-electron chi connectivity index (χ0n) is 21.5. The van der Waals surface area contributed by atoms with Crippen LogP contribution in [0.25, 0.3) is 0 Å². The van der Waals surface area contributed by atoms with Gasteiger partial charge in [-0.15, -0.1) is 0 Å². The largest absolute Gasteiger partial charge is 0.462 e. The van der Waals surface area contributed by atoms with Gasteiger partial charge >= 0.3 is 11.9 Å². The topological polar surface area (TPSA) is 52.6 Å². The fraction of sp³-hybridized carbons (Fsp3) is 0.857. The second-order valence-electron chi connectivity index (χ2n) is 9.77. The zero-order valence-corrected chi connectivity index (χ0v) is 21.5. The van der Waals surface area contributed by atoms with Gasteiger partial charge < -0.3 is 9.47 Å². The van der Waals surface area contributed by atoms with E-state index >= 15 is 0 Å². The first-order valence-electron chi connectivity index (χ1n) is 13.6. The van der Waals surface area contributed by atoms with Gasteiger partial charge in [-0.05, 0) is 37.5 Å². The van der Waals surface area contributed by atoms with E-state index in [1.807, 2.05) is 13.8 Å². The first-order chi connectivity index (χ1) is 15.5. The third-order valence-corrected chi connectivity index (χ3v) is 6.53. The van der Waals surface area contributed by atoms with Crippen LogP contribution in [0.15, 0.2) is 11.1 Å². The summed E-state index contributed by atoms with van der Waals surface area (Å²) in [5.41, 5.74) is 1.16. The van der Waals surface area contributed by atoms with Crippen molar-refractivity contribution in [2.24, 2.45) is 11.8 Å². The lowest BCUT2D eigenvalue weighted by Crippen LogP contribution is -2.24. The van der Waals surface area contributed by atoms with Gasteiger partial charge in [0.25, 0.3) is 0 Å². The summed E-state index contributed by atoms with van der Waals surface area (Å²) in [5.74, 6) is -0.520. The molecule has 0 saturated heterocycles. The number of rotatable bonds is 18. The molecule has 0 heterocycles. The number of unbranched alkanes of at least 4 members (excludes halogenated alkanes) is 10. The highest BCUT2D eigenvalue weighted by Gasteiger charge is 2.33. The van der Waals surface area contributed by atoms with E-state index in [2.05, 4.69) is 13.8 Å². The van der Waals surface area contributed by atoms with Crippen LogP contribution in [0.3, 0.4) is 0 Å². The minimum Gasteiger partial charge on any atom is -0.462 e. The van der Waals surface area contributed by atoms with Crippen LogP contribution in [-0.2, 0) is 19.1 Å². The second-order valence-corrected chi connectivity index (χ2v) is 9.77. The Morgan fingerprint density at radius 1 is 0.688 bits per heavy atom. The summed E-state index contributed by atoms with van der Waals surface area (Å²) in [7, 11) is 0. The molecule has 0 bridgehead atoms. The third kappa shape index (κ3) is 11.5. The van der Waals surface area contributed by atoms with Gasteiger partial charge in [-0.2, -0.15) is 0 Å². The van der Waals surface area contributed by atoms with E-state index in [4.69, 9.17) is 9.47 Å². The van der Waals surface area contributed by atoms with Gasteiger partial charge in [-0.3, -0.25) is 0 Å². The summed E-state index contributed by atoms with van der Waals surface area (Å²) in [6, 6.07) is 0. The monoisotopic (exact) mass is 450 g/mol. The molecule has 1 aliphatic rings. The van der Waals surface area contributed by atoms with Gasteiger partial charge in [-0.1, -0.05) is 105 Å². The summed E-state index contributed by atoms with van der Waals surface area (Å²) in [6.07, 6.45) is 18.0. The minimum absolute atomic E-state index is 0.0516. The van der Waals surface area contributed by atoms with Crippen molar-refractivity contribution < 1.29 is 19.1 Å². The number of hydrogen-bond donors (Lipinski definition) is 0. The molecule has 0 amide bonds. The zero-order chi connectivity index (χ0) is 23.6. The lowest BCUT2D eigenvalue weighted by atomic mass is 9.87. The number of carbonyl (C=O) groups excluding carboxylic acids is 2. The molecule has 1 fully saturated rings. The van der Waals surface area contributed by atoms with Crippen LogP contribution >= 0.6 is 0 Å². The minimum atomic E-state index is -0.313. The molecule has 32 heavy (non-hydrogen) atoms. The molecule has 4 nitrogen and oxygen atoms in total. The maximum atomic E-state index is 13.1. The van der Waals surface area contributed by atoms with Gasteiger partial charge in [-0.25, -0.2) is 9.59 Å². The summed E-state index contributed by atoms with van der Waals surface area (Å²) >= 11 is 0. The summed E-state index contributed by atoms with van der Waals surface area (Å²) < 4.78 is 11.3. The van der Waals surface area contributed by atoms with E-state index in [1.165, 1.54) is 51.4 Å². The van der Waals surface area contributed by atoms with Crippen molar-refractivity contribution in [1.82, 2.24) is 0 Å². The van der Waals surface area contributed by atoms with E-state index < -0.39 is 0 Å². The molecule has 0 aromatic carbocycles. The van der Waals surface area contributed by atoms with Crippen LogP contribution in [0.2, 0.25) is 0 Å². The first kappa shape index (κ1) is 28.7. The van der Waals surface area contributed by atoms with Crippen LogP contribution < -0.4 is 0 Å². The SMILES string of the molecule is CCCCCCCCOC(=O)C(=C(C(=O)OCCCCCCCC)C1CCCC1)C(C)C. The molecule has 1 aliphatic carbocycles. The molecular formula is C28H50O4.